The smallest absolute Gasteiger partial charge is 0.256 e. The molecule has 0 aromatic carbocycles. The molecule has 0 saturated heterocycles. The van der Waals surface area contributed by atoms with Gasteiger partial charge in [0.15, 0.2) is 0 Å². The van der Waals surface area contributed by atoms with Gasteiger partial charge in [-0.2, -0.15) is 0 Å². The molecular formula is C36H58N5O6+. The first kappa shape index (κ1) is 38.2. The van der Waals surface area contributed by atoms with Crippen molar-refractivity contribution < 1.29 is 33.1 Å². The Morgan fingerprint density at radius 2 is 1.55 bits per heavy atom. The molecule has 0 bridgehead atoms. The summed E-state index contributed by atoms with van der Waals surface area (Å²) in [6, 6.07) is 0. The van der Waals surface area contributed by atoms with E-state index in [2.05, 4.69) is 64.7 Å². The van der Waals surface area contributed by atoms with Crippen LogP contribution in [0.2, 0.25) is 0 Å². The third kappa shape index (κ3) is 13.0. The van der Waals surface area contributed by atoms with Crippen LogP contribution >= 0.6 is 0 Å². The number of nitrogens with one attached hydrogen (secondary N) is 3. The Hall–Kier alpha value is -3.28. The van der Waals surface area contributed by atoms with Crippen LogP contribution in [0.15, 0.2) is 46.8 Å². The lowest BCUT2D eigenvalue weighted by atomic mass is 9.89. The van der Waals surface area contributed by atoms with Gasteiger partial charge in [-0.05, 0) is 43.8 Å². The Kier molecular flexibility index (Phi) is 14.0. The molecule has 2 heterocycles. The van der Waals surface area contributed by atoms with Crippen LogP contribution in [0.1, 0.15) is 73.1 Å². The highest BCUT2D eigenvalue weighted by molar-refractivity contribution is 6.12. The molecular weight excluding hydrogens is 598 g/mol. The van der Waals surface area contributed by atoms with E-state index in [0.717, 1.165) is 43.5 Å². The van der Waals surface area contributed by atoms with Crippen molar-refractivity contribution in [1.29, 1.82) is 0 Å². The summed E-state index contributed by atoms with van der Waals surface area (Å²) in [5.41, 5.74) is 3.92. The summed E-state index contributed by atoms with van der Waals surface area (Å²) in [4.78, 5) is 50.2. The molecule has 11 heteroatoms. The summed E-state index contributed by atoms with van der Waals surface area (Å²) in [6.45, 7) is 15.0. The molecule has 1 aliphatic carbocycles. The highest BCUT2D eigenvalue weighted by atomic mass is 16.5. The van der Waals surface area contributed by atoms with Gasteiger partial charge in [0.1, 0.15) is 12.7 Å². The highest BCUT2D eigenvalue weighted by Gasteiger charge is 2.27. The number of hydrogen-bond donors (Lipinski definition) is 3. The summed E-state index contributed by atoms with van der Waals surface area (Å²) in [5.74, 6) is -0.656. The van der Waals surface area contributed by atoms with Gasteiger partial charge in [0.25, 0.3) is 17.7 Å². The maximum Gasteiger partial charge on any atom is 0.256 e. The first-order chi connectivity index (χ1) is 22.1. The van der Waals surface area contributed by atoms with Crippen molar-refractivity contribution in [3.63, 3.8) is 0 Å². The van der Waals surface area contributed by atoms with E-state index < -0.39 is 0 Å². The predicted octanol–water partition coefficient (Wildman–Crippen LogP) is 3.35. The standard InChI is InChI=1S/C36H57N5O6/c1-8-27-20-29(22-41(6,7)21-27)34(45)39-23-35(2,3)24-47-26-36(4,5)25-46-19-17-38-31(42)13-12-30(28-10-9-11-28)37-16-18-40-32(43)14-15-33(40)44/h14-15,20,22,37H,8-13,16-19,21,23-26H2,1-7H3,(H-,38,39,42,45)/p+1. The van der Waals surface area contributed by atoms with Gasteiger partial charge in [0.2, 0.25) is 5.91 Å². The van der Waals surface area contributed by atoms with Crippen molar-refractivity contribution in [2.45, 2.75) is 73.1 Å². The van der Waals surface area contributed by atoms with Gasteiger partial charge < -0.3 is 25.4 Å². The molecule has 1 saturated carbocycles. The lowest BCUT2D eigenvalue weighted by Crippen LogP contribution is -2.42. The van der Waals surface area contributed by atoms with Crippen LogP contribution in [0.5, 0.6) is 0 Å². The van der Waals surface area contributed by atoms with E-state index in [-0.39, 0.29) is 34.5 Å². The summed E-state index contributed by atoms with van der Waals surface area (Å²) in [5, 5.41) is 9.39. The van der Waals surface area contributed by atoms with E-state index in [9.17, 15) is 19.2 Å². The Bertz CT molecular complexity index is 1250. The van der Waals surface area contributed by atoms with Crippen molar-refractivity contribution in [1.82, 2.24) is 20.9 Å². The molecule has 0 aromatic rings. The topological polar surface area (TPSA) is 126 Å². The lowest BCUT2D eigenvalue weighted by Gasteiger charge is -2.31. The van der Waals surface area contributed by atoms with Crippen LogP contribution in [-0.4, -0.2) is 106 Å². The summed E-state index contributed by atoms with van der Waals surface area (Å²) < 4.78 is 12.6. The molecule has 3 rings (SSSR count). The molecule has 0 atom stereocenters. The minimum atomic E-state index is -0.284. The summed E-state index contributed by atoms with van der Waals surface area (Å²) >= 11 is 0. The second kappa shape index (κ2) is 17.2. The first-order valence-electron chi connectivity index (χ1n) is 17.0. The number of ether oxygens (including phenoxy) is 2. The third-order valence-corrected chi connectivity index (χ3v) is 8.51. The fourth-order valence-corrected chi connectivity index (χ4v) is 5.66. The normalized spacial score (nSPS) is 17.7. The molecule has 47 heavy (non-hydrogen) atoms. The number of hydrogen-bond acceptors (Lipinski definition) is 7. The number of carbonyl (C=O) groups excluding carboxylic acids is 4. The average Bonchev–Trinajstić information content (AvgIpc) is 3.28. The van der Waals surface area contributed by atoms with E-state index in [4.69, 9.17) is 9.47 Å². The zero-order chi connectivity index (χ0) is 34.7. The average molecular weight is 657 g/mol. The number of rotatable bonds is 20. The van der Waals surface area contributed by atoms with E-state index in [1.54, 1.807) is 0 Å². The minimum Gasteiger partial charge on any atom is -0.387 e. The maximum absolute atomic E-state index is 12.9. The molecule has 3 N–H and O–H groups in total. The zero-order valence-corrected chi connectivity index (χ0v) is 29.8. The van der Waals surface area contributed by atoms with Gasteiger partial charge in [-0.3, -0.25) is 28.6 Å². The number of imide groups is 1. The summed E-state index contributed by atoms with van der Waals surface area (Å²) in [6.07, 6.45) is 11.7. The molecule has 0 spiro atoms. The maximum atomic E-state index is 12.9. The minimum absolute atomic E-state index is 0.0387. The van der Waals surface area contributed by atoms with Gasteiger partial charge in [0, 0.05) is 61.3 Å². The molecule has 2 aliphatic heterocycles. The van der Waals surface area contributed by atoms with Crippen molar-refractivity contribution in [2.75, 3.05) is 73.2 Å². The number of amides is 4. The Morgan fingerprint density at radius 3 is 2.19 bits per heavy atom. The second-order valence-corrected chi connectivity index (χ2v) is 15.1. The molecule has 11 nitrogen and oxygen atoms in total. The molecule has 0 radical (unpaired) electrons. The van der Waals surface area contributed by atoms with Crippen LogP contribution in [0.3, 0.4) is 0 Å². The van der Waals surface area contributed by atoms with Crippen LogP contribution < -0.4 is 16.0 Å². The lowest BCUT2D eigenvalue weighted by molar-refractivity contribution is -0.834. The van der Waals surface area contributed by atoms with Gasteiger partial charge >= 0.3 is 0 Å². The van der Waals surface area contributed by atoms with E-state index in [1.807, 2.05) is 12.3 Å². The second-order valence-electron chi connectivity index (χ2n) is 15.1. The van der Waals surface area contributed by atoms with Crippen molar-refractivity contribution >= 4 is 23.6 Å². The number of carbonyl (C=O) groups is 4. The highest BCUT2D eigenvalue weighted by Crippen LogP contribution is 2.29. The van der Waals surface area contributed by atoms with Crippen molar-refractivity contribution in [3.05, 3.63) is 46.8 Å². The SMILES string of the molecule is CCC1=CC(C(=O)NCC(C)(C)COCC(C)(C)COCCNC(=O)CCC(NCCN2C(=O)C=CC2=O)=C2CCC2)=C[N+](C)(C)C1. The van der Waals surface area contributed by atoms with E-state index >= 15 is 0 Å². The van der Waals surface area contributed by atoms with Gasteiger partial charge in [-0.1, -0.05) is 40.2 Å². The fraction of sp³-hybridized carbons (Fsp3) is 0.667. The van der Waals surface area contributed by atoms with Crippen LogP contribution in [0, 0.1) is 10.8 Å². The monoisotopic (exact) mass is 656 g/mol. The molecule has 0 aromatic heterocycles. The number of quaternary nitrogens is 1. The largest absolute Gasteiger partial charge is 0.387 e. The van der Waals surface area contributed by atoms with Crippen molar-refractivity contribution in [2.24, 2.45) is 10.8 Å². The molecule has 4 amide bonds. The van der Waals surface area contributed by atoms with Gasteiger partial charge in [-0.15, -0.1) is 0 Å². The predicted molar refractivity (Wildman–Crippen MR) is 183 cm³/mol. The van der Waals surface area contributed by atoms with Crippen LogP contribution in [0.4, 0.5) is 0 Å². The zero-order valence-electron chi connectivity index (χ0n) is 29.8. The number of nitrogens with zero attached hydrogens (tertiary/aromatic N) is 2. The first-order valence-corrected chi connectivity index (χ1v) is 17.0. The number of allylic oxidation sites excluding steroid dienone is 2. The molecule has 3 aliphatic rings. The van der Waals surface area contributed by atoms with Gasteiger partial charge in [0.05, 0.1) is 46.1 Å². The molecule has 1 fully saturated rings. The van der Waals surface area contributed by atoms with Crippen LogP contribution in [-0.2, 0) is 28.7 Å². The van der Waals surface area contributed by atoms with Crippen molar-refractivity contribution in [3.8, 4) is 0 Å². The fourth-order valence-electron chi connectivity index (χ4n) is 5.66. The number of likely N-dealkylation sites (N-methyl/N-ethyl adjacent to an activating group) is 1. The summed E-state index contributed by atoms with van der Waals surface area (Å²) in [7, 11) is 4.21. The quantitative estimate of drug-likeness (QED) is 0.104. The Labute approximate surface area is 281 Å². The third-order valence-electron chi connectivity index (χ3n) is 8.51. The Balaban J connectivity index is 1.27. The Morgan fingerprint density at radius 1 is 0.894 bits per heavy atom. The van der Waals surface area contributed by atoms with Crippen LogP contribution in [0.25, 0.3) is 0 Å². The van der Waals surface area contributed by atoms with E-state index in [0.29, 0.717) is 69.9 Å². The molecule has 262 valence electrons. The molecule has 0 unspecified atom stereocenters. The van der Waals surface area contributed by atoms with E-state index in [1.165, 1.54) is 28.2 Å². The van der Waals surface area contributed by atoms with Gasteiger partial charge in [-0.25, -0.2) is 0 Å².